The maximum Gasteiger partial charge on any atom is 0.416 e. The second-order valence-electron chi connectivity index (χ2n) is 6.45. The summed E-state index contributed by atoms with van der Waals surface area (Å²) in [5.41, 5.74) is -0.710. The lowest BCUT2D eigenvalue weighted by atomic mass is 9.92. The number of hydrogen-bond donors (Lipinski definition) is 0. The lowest BCUT2D eigenvalue weighted by Gasteiger charge is -2.40. The number of carbonyl (C=O) groups is 1. The van der Waals surface area contributed by atoms with Crippen molar-refractivity contribution in [1.29, 1.82) is 0 Å². The molecule has 134 valence electrons. The van der Waals surface area contributed by atoms with E-state index in [0.29, 0.717) is 23.8 Å². The van der Waals surface area contributed by atoms with E-state index in [9.17, 15) is 18.0 Å². The van der Waals surface area contributed by atoms with Crippen molar-refractivity contribution in [2.24, 2.45) is 11.8 Å². The fraction of sp³-hybridized carbons (Fsp3) is 0.421. The molecule has 1 aliphatic carbocycles. The van der Waals surface area contributed by atoms with Crippen LogP contribution in [0.3, 0.4) is 0 Å². The highest BCUT2D eigenvalue weighted by atomic mass is 19.4. The zero-order valence-corrected chi connectivity index (χ0v) is 13.9. The molecule has 0 radical (unpaired) electrons. The zero-order valence-electron chi connectivity index (χ0n) is 13.9. The van der Waals surface area contributed by atoms with E-state index in [1.165, 1.54) is 12.1 Å². The Balaban J connectivity index is 1.54. The maximum absolute atomic E-state index is 12.5. The third-order valence-corrected chi connectivity index (χ3v) is 4.65. The van der Waals surface area contributed by atoms with Gasteiger partial charge in [-0.3, -0.25) is 4.79 Å². The van der Waals surface area contributed by atoms with Crippen LogP contribution in [-0.4, -0.2) is 23.9 Å². The predicted molar refractivity (Wildman–Crippen MR) is 87.8 cm³/mol. The van der Waals surface area contributed by atoms with Crippen molar-refractivity contribution >= 4 is 5.91 Å². The molecule has 6 heteroatoms. The van der Waals surface area contributed by atoms with Gasteiger partial charge in [0.05, 0.1) is 11.5 Å². The highest BCUT2D eigenvalue weighted by Gasteiger charge is 2.33. The van der Waals surface area contributed by atoms with Crippen LogP contribution < -0.4 is 4.74 Å². The summed E-state index contributed by atoms with van der Waals surface area (Å²) in [5.74, 6) is 1.44. The van der Waals surface area contributed by atoms with Gasteiger partial charge in [-0.2, -0.15) is 13.2 Å². The summed E-state index contributed by atoms with van der Waals surface area (Å²) in [4.78, 5) is 14.2. The summed E-state index contributed by atoms with van der Waals surface area (Å²) in [5, 5.41) is 0. The molecule has 1 saturated heterocycles. The molecule has 0 bridgehead atoms. The van der Waals surface area contributed by atoms with E-state index in [1.54, 1.807) is 18.2 Å². The fourth-order valence-corrected chi connectivity index (χ4v) is 2.95. The van der Waals surface area contributed by atoms with Crippen LogP contribution in [-0.2, 0) is 11.0 Å². The van der Waals surface area contributed by atoms with E-state index in [0.717, 1.165) is 31.6 Å². The minimum absolute atomic E-state index is 0.130. The molecule has 3 nitrogen and oxygen atoms in total. The van der Waals surface area contributed by atoms with Gasteiger partial charge in [0.1, 0.15) is 11.5 Å². The van der Waals surface area contributed by atoms with Crippen LogP contribution in [0.25, 0.3) is 0 Å². The highest BCUT2D eigenvalue weighted by molar-refractivity contribution is 5.81. The van der Waals surface area contributed by atoms with Crippen molar-refractivity contribution in [3.63, 3.8) is 0 Å². The van der Waals surface area contributed by atoms with Crippen LogP contribution in [0.5, 0.6) is 5.75 Å². The van der Waals surface area contributed by atoms with Crippen molar-refractivity contribution in [2.75, 3.05) is 13.1 Å². The third-order valence-electron chi connectivity index (χ3n) is 4.65. The third kappa shape index (κ3) is 4.06. The minimum atomic E-state index is -4.36. The number of nitrogens with zero attached hydrogens (tertiary/aromatic N) is 1. The Morgan fingerprint density at radius 2 is 1.92 bits per heavy atom. The van der Waals surface area contributed by atoms with Gasteiger partial charge in [0.25, 0.3) is 0 Å². The molecule has 25 heavy (non-hydrogen) atoms. The number of benzene rings is 1. The van der Waals surface area contributed by atoms with Gasteiger partial charge in [-0.1, -0.05) is 13.0 Å². The number of hydrogen-bond acceptors (Lipinski definition) is 2. The molecule has 1 heterocycles. The first kappa shape index (κ1) is 17.6. The molecule has 0 aromatic heterocycles. The summed E-state index contributed by atoms with van der Waals surface area (Å²) in [6.07, 6.45) is 2.59. The van der Waals surface area contributed by atoms with Gasteiger partial charge < -0.3 is 9.64 Å². The Morgan fingerprint density at radius 3 is 2.44 bits per heavy atom. The molecule has 0 spiro atoms. The van der Waals surface area contributed by atoms with E-state index < -0.39 is 11.7 Å². The summed E-state index contributed by atoms with van der Waals surface area (Å²) in [7, 11) is 0. The molecule has 1 unspecified atom stereocenters. The largest absolute Gasteiger partial charge is 0.458 e. The van der Waals surface area contributed by atoms with Crippen LogP contribution in [0.15, 0.2) is 48.3 Å². The van der Waals surface area contributed by atoms with Crippen LogP contribution in [0.1, 0.15) is 25.3 Å². The van der Waals surface area contributed by atoms with Gasteiger partial charge >= 0.3 is 6.18 Å². The monoisotopic (exact) mass is 351 g/mol. The average molecular weight is 351 g/mol. The van der Waals surface area contributed by atoms with Gasteiger partial charge in [0.2, 0.25) is 5.91 Å². The van der Waals surface area contributed by atoms with Gasteiger partial charge in [-0.25, -0.2) is 0 Å². The molecule has 2 aliphatic rings. The van der Waals surface area contributed by atoms with Crippen molar-refractivity contribution in [1.82, 2.24) is 4.90 Å². The molecule has 1 atom stereocenters. The number of carbonyl (C=O) groups excluding carboxylic acids is 1. The number of rotatable bonds is 4. The summed E-state index contributed by atoms with van der Waals surface area (Å²) < 4.78 is 43.2. The number of likely N-dealkylation sites (tertiary alicyclic amines) is 1. The van der Waals surface area contributed by atoms with Crippen LogP contribution in [0.2, 0.25) is 0 Å². The Kier molecular flexibility index (Phi) is 4.88. The summed E-state index contributed by atoms with van der Waals surface area (Å²) in [6, 6.07) is 4.56. The molecule has 1 fully saturated rings. The smallest absolute Gasteiger partial charge is 0.416 e. The van der Waals surface area contributed by atoms with Gasteiger partial charge in [-0.05, 0) is 55.2 Å². The summed E-state index contributed by atoms with van der Waals surface area (Å²) >= 11 is 0. The first-order valence-corrected chi connectivity index (χ1v) is 8.39. The van der Waals surface area contributed by atoms with E-state index >= 15 is 0 Å². The Bertz CT molecular complexity index is 686. The quantitative estimate of drug-likeness (QED) is 0.804. The second-order valence-corrected chi connectivity index (χ2v) is 6.45. The molecule has 3 rings (SSSR count). The Hall–Kier alpha value is -2.24. The molecule has 1 aromatic rings. The number of halogens is 3. The molecular formula is C19H20F3NO2. The maximum atomic E-state index is 12.5. The molecule has 1 amide bonds. The van der Waals surface area contributed by atoms with Gasteiger partial charge in [0.15, 0.2) is 0 Å². The van der Waals surface area contributed by atoms with Crippen LogP contribution in [0, 0.1) is 11.8 Å². The molecule has 0 saturated carbocycles. The highest BCUT2D eigenvalue weighted by Crippen LogP contribution is 2.31. The Morgan fingerprint density at radius 1 is 1.24 bits per heavy atom. The molecule has 0 N–H and O–H groups in total. The van der Waals surface area contributed by atoms with Crippen molar-refractivity contribution in [2.45, 2.75) is 25.9 Å². The normalized spacial score (nSPS) is 20.9. The first-order valence-electron chi connectivity index (χ1n) is 8.39. The number of alkyl halides is 3. The average Bonchev–Trinajstić information content (AvgIpc) is 2.54. The van der Waals surface area contributed by atoms with E-state index in [2.05, 4.69) is 6.92 Å². The molecule has 1 aromatic carbocycles. The fourth-order valence-electron chi connectivity index (χ4n) is 2.95. The number of allylic oxidation sites excluding steroid dienone is 2. The van der Waals surface area contributed by atoms with Crippen molar-refractivity contribution in [3.05, 3.63) is 53.8 Å². The lowest BCUT2D eigenvalue weighted by molar-refractivity contribution is -0.140. The van der Waals surface area contributed by atoms with Crippen molar-refractivity contribution in [3.8, 4) is 5.75 Å². The Labute approximate surface area is 144 Å². The van der Waals surface area contributed by atoms with E-state index in [-0.39, 0.29) is 11.8 Å². The predicted octanol–water partition coefficient (Wildman–Crippen LogP) is 4.41. The van der Waals surface area contributed by atoms with E-state index in [1.807, 2.05) is 4.90 Å². The standard InChI is InChI=1S/C19H20F3NO2/c1-2-13-11-23(12-13)18(24)14-3-7-16(8-4-14)25-17-9-5-15(6-10-17)19(20,21)22/h3,5-10,13-14H,2,4,11-12H2,1H3. The lowest BCUT2D eigenvalue weighted by Crippen LogP contribution is -2.51. The first-order chi connectivity index (χ1) is 11.9. The number of amides is 1. The second kappa shape index (κ2) is 6.94. The van der Waals surface area contributed by atoms with Gasteiger partial charge in [0, 0.05) is 13.1 Å². The minimum Gasteiger partial charge on any atom is -0.458 e. The topological polar surface area (TPSA) is 29.5 Å². The molecule has 1 aliphatic heterocycles. The zero-order chi connectivity index (χ0) is 18.0. The number of ether oxygens (including phenoxy) is 1. The molecular weight excluding hydrogens is 331 g/mol. The van der Waals surface area contributed by atoms with Crippen LogP contribution in [0.4, 0.5) is 13.2 Å². The SMILES string of the molecule is CCC1CN(C(=O)C2C=CC(Oc3ccc(C(F)(F)F)cc3)=CC2)C1. The van der Waals surface area contributed by atoms with Gasteiger partial charge in [-0.15, -0.1) is 0 Å². The van der Waals surface area contributed by atoms with E-state index in [4.69, 9.17) is 4.74 Å². The van der Waals surface area contributed by atoms with Crippen molar-refractivity contribution < 1.29 is 22.7 Å². The summed E-state index contributed by atoms with van der Waals surface area (Å²) in [6.45, 7) is 3.79. The van der Waals surface area contributed by atoms with Crippen LogP contribution >= 0.6 is 0 Å².